The highest BCUT2D eigenvalue weighted by Crippen LogP contribution is 2.24. The van der Waals surface area contributed by atoms with Gasteiger partial charge in [0.05, 0.1) is 11.8 Å². The van der Waals surface area contributed by atoms with Gasteiger partial charge in [-0.1, -0.05) is 11.6 Å². The molecule has 0 aliphatic rings. The molecule has 4 nitrogen and oxygen atoms in total. The van der Waals surface area contributed by atoms with E-state index in [0.29, 0.717) is 11.3 Å². The first kappa shape index (κ1) is 15.8. The molecule has 0 bridgehead atoms. The Morgan fingerprint density at radius 1 is 1.33 bits per heavy atom. The van der Waals surface area contributed by atoms with Gasteiger partial charge in [0.2, 0.25) is 0 Å². The van der Waals surface area contributed by atoms with E-state index in [-0.39, 0.29) is 17.2 Å². The summed E-state index contributed by atoms with van der Waals surface area (Å²) in [5.41, 5.74) is 0.973. The summed E-state index contributed by atoms with van der Waals surface area (Å²) in [5.74, 6) is 0.469. The number of amides is 1. The topological polar surface area (TPSA) is 51.2 Å². The number of carbonyl (C=O) groups is 1. The van der Waals surface area contributed by atoms with Crippen molar-refractivity contribution in [2.24, 2.45) is 0 Å². The minimum atomic E-state index is -0.257. The highest BCUT2D eigenvalue weighted by Gasteiger charge is 2.10. The predicted molar refractivity (Wildman–Crippen MR) is 87.1 cm³/mol. The molecule has 0 aliphatic heterocycles. The maximum Gasteiger partial charge on any atom is 0.255 e. The zero-order chi connectivity index (χ0) is 15.4. The monoisotopic (exact) mass is 368 g/mol. The summed E-state index contributed by atoms with van der Waals surface area (Å²) < 4.78 is 6.27. The molecule has 0 aliphatic carbocycles. The third-order valence-corrected chi connectivity index (χ3v) is 3.28. The van der Waals surface area contributed by atoms with E-state index in [0.717, 1.165) is 10.2 Å². The molecule has 0 saturated carbocycles. The standard InChI is InChI=1S/C15H14BrClN2O2/c1-9(2)21-12-5-3-10(4-6-12)15(20)19-13-7-11(16)8-18-14(13)17/h3-9H,1-2H3,(H,19,20). The molecular weight excluding hydrogens is 356 g/mol. The average Bonchev–Trinajstić information content (AvgIpc) is 2.43. The van der Waals surface area contributed by atoms with Crippen molar-refractivity contribution in [3.63, 3.8) is 0 Å². The van der Waals surface area contributed by atoms with E-state index in [1.54, 1.807) is 36.5 Å². The van der Waals surface area contributed by atoms with Crippen molar-refractivity contribution in [2.75, 3.05) is 5.32 Å². The maximum atomic E-state index is 12.2. The van der Waals surface area contributed by atoms with Crippen LogP contribution >= 0.6 is 27.5 Å². The number of benzene rings is 1. The second-order valence-electron chi connectivity index (χ2n) is 4.64. The second kappa shape index (κ2) is 6.91. The fraction of sp³-hybridized carbons (Fsp3) is 0.200. The third-order valence-electron chi connectivity index (χ3n) is 2.54. The lowest BCUT2D eigenvalue weighted by molar-refractivity contribution is 0.102. The van der Waals surface area contributed by atoms with Crippen molar-refractivity contribution >= 4 is 39.1 Å². The van der Waals surface area contributed by atoms with Gasteiger partial charge < -0.3 is 10.1 Å². The molecule has 0 saturated heterocycles. The van der Waals surface area contributed by atoms with E-state index in [2.05, 4.69) is 26.2 Å². The number of nitrogens with one attached hydrogen (secondary N) is 1. The number of anilines is 1. The molecule has 1 amide bonds. The lowest BCUT2D eigenvalue weighted by Crippen LogP contribution is -2.12. The zero-order valence-electron chi connectivity index (χ0n) is 11.6. The number of ether oxygens (including phenoxy) is 1. The predicted octanol–water partition coefficient (Wildman–Crippen LogP) is 4.54. The lowest BCUT2D eigenvalue weighted by atomic mass is 10.2. The van der Waals surface area contributed by atoms with Crippen LogP contribution in [-0.2, 0) is 0 Å². The number of hydrogen-bond donors (Lipinski definition) is 1. The van der Waals surface area contributed by atoms with Crippen LogP contribution in [0.4, 0.5) is 5.69 Å². The van der Waals surface area contributed by atoms with Gasteiger partial charge in [0.25, 0.3) is 5.91 Å². The lowest BCUT2D eigenvalue weighted by Gasteiger charge is -2.10. The van der Waals surface area contributed by atoms with Crippen LogP contribution in [-0.4, -0.2) is 17.0 Å². The highest BCUT2D eigenvalue weighted by atomic mass is 79.9. The Morgan fingerprint density at radius 3 is 2.62 bits per heavy atom. The van der Waals surface area contributed by atoms with E-state index in [1.165, 1.54) is 0 Å². The van der Waals surface area contributed by atoms with Gasteiger partial charge in [0.1, 0.15) is 5.75 Å². The van der Waals surface area contributed by atoms with Crippen LogP contribution in [0.25, 0.3) is 0 Å². The van der Waals surface area contributed by atoms with Gasteiger partial charge in [-0.05, 0) is 60.1 Å². The highest BCUT2D eigenvalue weighted by molar-refractivity contribution is 9.10. The molecular formula is C15H14BrClN2O2. The summed E-state index contributed by atoms with van der Waals surface area (Å²) in [6, 6.07) is 8.62. The van der Waals surface area contributed by atoms with Gasteiger partial charge in [-0.15, -0.1) is 0 Å². The zero-order valence-corrected chi connectivity index (χ0v) is 13.9. The summed E-state index contributed by atoms with van der Waals surface area (Å²) in [5, 5.41) is 2.97. The molecule has 1 N–H and O–H groups in total. The minimum absolute atomic E-state index is 0.0937. The Kier molecular flexibility index (Phi) is 5.20. The van der Waals surface area contributed by atoms with E-state index in [4.69, 9.17) is 16.3 Å². The number of hydrogen-bond acceptors (Lipinski definition) is 3. The Bertz CT molecular complexity index is 645. The molecule has 2 rings (SSSR count). The summed E-state index contributed by atoms with van der Waals surface area (Å²) in [6.45, 7) is 3.89. The quantitative estimate of drug-likeness (QED) is 0.805. The van der Waals surface area contributed by atoms with Crippen molar-refractivity contribution in [2.45, 2.75) is 20.0 Å². The minimum Gasteiger partial charge on any atom is -0.491 e. The fourth-order valence-corrected chi connectivity index (χ4v) is 2.14. The molecule has 110 valence electrons. The summed E-state index contributed by atoms with van der Waals surface area (Å²) in [7, 11) is 0. The van der Waals surface area contributed by atoms with E-state index < -0.39 is 0 Å². The molecule has 0 spiro atoms. The molecule has 0 atom stereocenters. The number of rotatable bonds is 4. The number of halogens is 2. The number of aromatic nitrogens is 1. The van der Waals surface area contributed by atoms with Crippen LogP contribution < -0.4 is 10.1 Å². The molecule has 2 aromatic rings. The van der Waals surface area contributed by atoms with Crippen LogP contribution in [0.3, 0.4) is 0 Å². The van der Waals surface area contributed by atoms with Crippen LogP contribution in [0.5, 0.6) is 5.75 Å². The number of nitrogens with zero attached hydrogens (tertiary/aromatic N) is 1. The Balaban J connectivity index is 2.11. The molecule has 21 heavy (non-hydrogen) atoms. The van der Waals surface area contributed by atoms with Crippen molar-refractivity contribution in [3.05, 3.63) is 51.7 Å². The van der Waals surface area contributed by atoms with Crippen molar-refractivity contribution < 1.29 is 9.53 Å². The molecule has 0 fully saturated rings. The SMILES string of the molecule is CC(C)Oc1ccc(C(=O)Nc2cc(Br)cnc2Cl)cc1. The fourth-order valence-electron chi connectivity index (χ4n) is 1.66. The van der Waals surface area contributed by atoms with Gasteiger partial charge in [0, 0.05) is 16.2 Å². The maximum absolute atomic E-state index is 12.2. The van der Waals surface area contributed by atoms with Crippen molar-refractivity contribution in [3.8, 4) is 5.75 Å². The third kappa shape index (κ3) is 4.44. The molecule has 1 aromatic carbocycles. The van der Waals surface area contributed by atoms with Crippen molar-refractivity contribution in [1.29, 1.82) is 0 Å². The summed E-state index contributed by atoms with van der Waals surface area (Å²) in [6.07, 6.45) is 1.66. The average molecular weight is 370 g/mol. The van der Waals surface area contributed by atoms with Crippen LogP contribution in [0, 0.1) is 0 Å². The van der Waals surface area contributed by atoms with E-state index >= 15 is 0 Å². The largest absolute Gasteiger partial charge is 0.491 e. The van der Waals surface area contributed by atoms with Crippen molar-refractivity contribution in [1.82, 2.24) is 4.98 Å². The molecule has 1 heterocycles. The van der Waals surface area contributed by atoms with Gasteiger partial charge in [-0.25, -0.2) is 4.98 Å². The first-order valence-electron chi connectivity index (χ1n) is 6.35. The van der Waals surface area contributed by atoms with Gasteiger partial charge in [-0.2, -0.15) is 0 Å². The van der Waals surface area contributed by atoms with Crippen LogP contribution in [0.15, 0.2) is 41.0 Å². The Labute approximate surface area is 136 Å². The van der Waals surface area contributed by atoms with E-state index in [9.17, 15) is 4.79 Å². The van der Waals surface area contributed by atoms with Gasteiger partial charge in [0.15, 0.2) is 5.15 Å². The Hall–Kier alpha value is -1.59. The normalized spacial score (nSPS) is 10.5. The first-order chi connectivity index (χ1) is 9.95. The molecule has 6 heteroatoms. The van der Waals surface area contributed by atoms with Gasteiger partial charge in [-0.3, -0.25) is 4.79 Å². The Morgan fingerprint density at radius 2 is 2.00 bits per heavy atom. The molecule has 0 radical (unpaired) electrons. The van der Waals surface area contributed by atoms with E-state index in [1.807, 2.05) is 13.8 Å². The first-order valence-corrected chi connectivity index (χ1v) is 7.52. The molecule has 1 aromatic heterocycles. The number of carbonyl (C=O) groups excluding carboxylic acids is 1. The van der Waals surface area contributed by atoms with Gasteiger partial charge >= 0.3 is 0 Å². The summed E-state index contributed by atoms with van der Waals surface area (Å²) in [4.78, 5) is 16.1. The second-order valence-corrected chi connectivity index (χ2v) is 5.91. The number of pyridine rings is 1. The molecule has 0 unspecified atom stereocenters. The van der Waals surface area contributed by atoms with Crippen LogP contribution in [0.2, 0.25) is 5.15 Å². The smallest absolute Gasteiger partial charge is 0.255 e. The van der Waals surface area contributed by atoms with Crippen LogP contribution in [0.1, 0.15) is 24.2 Å². The summed E-state index contributed by atoms with van der Waals surface area (Å²) >= 11 is 9.23.